The maximum absolute atomic E-state index is 5.80. The molecule has 0 saturated heterocycles. The summed E-state index contributed by atoms with van der Waals surface area (Å²) in [6.45, 7) is 1.95. The average molecular weight is 183 g/mol. The molecule has 1 aliphatic carbocycles. The van der Waals surface area contributed by atoms with Crippen LogP contribution in [0.25, 0.3) is 0 Å². The summed E-state index contributed by atoms with van der Waals surface area (Å²) >= 11 is 0. The minimum Gasteiger partial charge on any atom is -0.451 e. The Labute approximate surface area is 79.1 Å². The summed E-state index contributed by atoms with van der Waals surface area (Å²) in [5.74, 6) is 1.38. The fourth-order valence-corrected chi connectivity index (χ4v) is 2.13. The van der Waals surface area contributed by atoms with Crippen molar-refractivity contribution in [3.63, 3.8) is 0 Å². The molecule has 0 radical (unpaired) electrons. The molecule has 0 aromatic rings. The van der Waals surface area contributed by atoms with Gasteiger partial charge in [0, 0.05) is 19.9 Å². The predicted molar refractivity (Wildman–Crippen MR) is 49.7 cm³/mol. The maximum atomic E-state index is 5.80. The summed E-state index contributed by atoms with van der Waals surface area (Å²) in [7, 11) is 1.87. The van der Waals surface area contributed by atoms with Crippen molar-refractivity contribution in [1.82, 2.24) is 5.32 Å². The van der Waals surface area contributed by atoms with Crippen molar-refractivity contribution in [3.05, 3.63) is 11.6 Å². The SMILES string of the molecule is CNC1=C(C)OC2(CCCCC2)O1. The first-order chi connectivity index (χ1) is 6.26. The molecule has 3 nitrogen and oxygen atoms in total. The Balaban J connectivity index is 2.06. The monoisotopic (exact) mass is 183 g/mol. The third-order valence-corrected chi connectivity index (χ3v) is 2.79. The standard InChI is InChI=1S/C10H17NO2/c1-8-9(11-2)13-10(12-8)6-4-3-5-7-10/h11H,3-7H2,1-2H3. The van der Waals surface area contributed by atoms with E-state index < -0.39 is 0 Å². The molecular formula is C10H17NO2. The Morgan fingerprint density at radius 1 is 1.15 bits per heavy atom. The predicted octanol–water partition coefficient (Wildman–Crippen LogP) is 2.10. The Morgan fingerprint density at radius 3 is 2.38 bits per heavy atom. The van der Waals surface area contributed by atoms with E-state index in [9.17, 15) is 0 Å². The van der Waals surface area contributed by atoms with Crippen LogP contribution in [-0.2, 0) is 9.47 Å². The Kier molecular flexibility index (Phi) is 2.10. The third kappa shape index (κ3) is 1.47. The van der Waals surface area contributed by atoms with Crippen LogP contribution in [-0.4, -0.2) is 12.8 Å². The van der Waals surface area contributed by atoms with Crippen LogP contribution in [0, 0.1) is 0 Å². The lowest BCUT2D eigenvalue weighted by atomic mass is 9.94. The highest BCUT2D eigenvalue weighted by atomic mass is 16.7. The van der Waals surface area contributed by atoms with Gasteiger partial charge >= 0.3 is 0 Å². The number of ether oxygens (including phenoxy) is 2. The minimum absolute atomic E-state index is 0.319. The first-order valence-electron chi connectivity index (χ1n) is 5.02. The van der Waals surface area contributed by atoms with Crippen LogP contribution < -0.4 is 5.32 Å². The van der Waals surface area contributed by atoms with Crippen molar-refractivity contribution in [2.24, 2.45) is 0 Å². The molecule has 74 valence electrons. The van der Waals surface area contributed by atoms with Gasteiger partial charge in [0.1, 0.15) is 0 Å². The fourth-order valence-electron chi connectivity index (χ4n) is 2.13. The molecular weight excluding hydrogens is 166 g/mol. The second-order valence-electron chi connectivity index (χ2n) is 3.81. The van der Waals surface area contributed by atoms with Gasteiger partial charge in [0.25, 0.3) is 5.79 Å². The van der Waals surface area contributed by atoms with Gasteiger partial charge in [-0.05, 0) is 19.8 Å². The Hall–Kier alpha value is -0.860. The summed E-state index contributed by atoms with van der Waals surface area (Å²) in [6.07, 6.45) is 5.78. The van der Waals surface area contributed by atoms with Crippen LogP contribution in [0.4, 0.5) is 0 Å². The molecule has 1 aliphatic heterocycles. The van der Waals surface area contributed by atoms with E-state index in [1.54, 1.807) is 0 Å². The van der Waals surface area contributed by atoms with E-state index in [-0.39, 0.29) is 5.79 Å². The average Bonchev–Trinajstić information content (AvgIpc) is 2.44. The van der Waals surface area contributed by atoms with Gasteiger partial charge in [-0.3, -0.25) is 0 Å². The van der Waals surface area contributed by atoms with E-state index in [0.717, 1.165) is 24.5 Å². The van der Waals surface area contributed by atoms with Gasteiger partial charge in [-0.2, -0.15) is 0 Å². The fraction of sp³-hybridized carbons (Fsp3) is 0.800. The van der Waals surface area contributed by atoms with Crippen LogP contribution in [0.1, 0.15) is 39.0 Å². The zero-order chi connectivity index (χ0) is 9.31. The Morgan fingerprint density at radius 2 is 1.85 bits per heavy atom. The summed E-state index contributed by atoms with van der Waals surface area (Å²) in [5.41, 5.74) is 0. The van der Waals surface area contributed by atoms with E-state index >= 15 is 0 Å². The van der Waals surface area contributed by atoms with Gasteiger partial charge < -0.3 is 14.8 Å². The van der Waals surface area contributed by atoms with E-state index in [0.29, 0.717) is 0 Å². The highest BCUT2D eigenvalue weighted by Gasteiger charge is 2.42. The van der Waals surface area contributed by atoms with Crippen molar-refractivity contribution >= 4 is 0 Å². The first kappa shape index (κ1) is 8.73. The molecule has 0 aromatic carbocycles. The summed E-state index contributed by atoms with van der Waals surface area (Å²) in [6, 6.07) is 0. The largest absolute Gasteiger partial charge is 0.451 e. The molecule has 2 rings (SSSR count). The van der Waals surface area contributed by atoms with E-state index in [1.807, 2.05) is 14.0 Å². The van der Waals surface area contributed by atoms with Gasteiger partial charge in [0.15, 0.2) is 5.76 Å². The van der Waals surface area contributed by atoms with E-state index in [4.69, 9.17) is 9.47 Å². The number of nitrogens with one attached hydrogen (secondary N) is 1. The summed E-state index contributed by atoms with van der Waals surface area (Å²) < 4.78 is 11.6. The van der Waals surface area contributed by atoms with E-state index in [2.05, 4.69) is 5.32 Å². The zero-order valence-electron chi connectivity index (χ0n) is 8.35. The highest BCUT2D eigenvalue weighted by Crippen LogP contribution is 2.40. The molecule has 1 saturated carbocycles. The van der Waals surface area contributed by atoms with Gasteiger partial charge in [0.2, 0.25) is 5.88 Å². The zero-order valence-corrected chi connectivity index (χ0v) is 8.35. The van der Waals surface area contributed by atoms with Crippen molar-refractivity contribution in [2.75, 3.05) is 7.05 Å². The van der Waals surface area contributed by atoms with Crippen LogP contribution in [0.15, 0.2) is 11.6 Å². The molecule has 1 spiro atoms. The summed E-state index contributed by atoms with van der Waals surface area (Å²) in [4.78, 5) is 0. The maximum Gasteiger partial charge on any atom is 0.252 e. The molecule has 1 heterocycles. The molecule has 0 amide bonds. The molecule has 0 unspecified atom stereocenters. The van der Waals surface area contributed by atoms with Crippen LogP contribution in [0.2, 0.25) is 0 Å². The molecule has 0 aromatic heterocycles. The van der Waals surface area contributed by atoms with Crippen LogP contribution >= 0.6 is 0 Å². The number of hydrogen-bond donors (Lipinski definition) is 1. The minimum atomic E-state index is -0.319. The first-order valence-corrected chi connectivity index (χ1v) is 5.02. The molecule has 1 fully saturated rings. The van der Waals surface area contributed by atoms with Gasteiger partial charge in [-0.15, -0.1) is 0 Å². The van der Waals surface area contributed by atoms with Crippen LogP contribution in [0.5, 0.6) is 0 Å². The molecule has 1 N–H and O–H groups in total. The van der Waals surface area contributed by atoms with Crippen molar-refractivity contribution < 1.29 is 9.47 Å². The topological polar surface area (TPSA) is 30.5 Å². The second kappa shape index (κ2) is 3.13. The summed E-state index contributed by atoms with van der Waals surface area (Å²) in [5, 5.41) is 3.02. The second-order valence-corrected chi connectivity index (χ2v) is 3.81. The smallest absolute Gasteiger partial charge is 0.252 e. The number of allylic oxidation sites excluding steroid dienone is 1. The van der Waals surface area contributed by atoms with Gasteiger partial charge in [0.05, 0.1) is 0 Å². The molecule has 2 aliphatic rings. The van der Waals surface area contributed by atoms with Crippen molar-refractivity contribution in [1.29, 1.82) is 0 Å². The van der Waals surface area contributed by atoms with Gasteiger partial charge in [-0.1, -0.05) is 6.42 Å². The molecule has 13 heavy (non-hydrogen) atoms. The van der Waals surface area contributed by atoms with Gasteiger partial charge in [-0.25, -0.2) is 0 Å². The van der Waals surface area contributed by atoms with Crippen LogP contribution in [0.3, 0.4) is 0 Å². The van der Waals surface area contributed by atoms with Crippen molar-refractivity contribution in [2.45, 2.75) is 44.8 Å². The lowest BCUT2D eigenvalue weighted by Crippen LogP contribution is -2.34. The normalized spacial score (nSPS) is 25.7. The number of hydrogen-bond acceptors (Lipinski definition) is 3. The third-order valence-electron chi connectivity index (χ3n) is 2.79. The van der Waals surface area contributed by atoms with E-state index in [1.165, 1.54) is 19.3 Å². The molecule has 3 heteroatoms. The molecule has 0 bridgehead atoms. The lowest BCUT2D eigenvalue weighted by Gasteiger charge is -2.31. The quantitative estimate of drug-likeness (QED) is 0.675. The Bertz CT molecular complexity index is 229. The van der Waals surface area contributed by atoms with Crippen molar-refractivity contribution in [3.8, 4) is 0 Å². The molecule has 0 atom stereocenters. The highest BCUT2D eigenvalue weighted by molar-refractivity contribution is 5.05. The number of rotatable bonds is 1. The lowest BCUT2D eigenvalue weighted by molar-refractivity contribution is -0.175.